The Kier molecular flexibility index (Phi) is 4.49. The number of rotatable bonds is 5. The maximum Gasteiger partial charge on any atom is 0.246 e. The monoisotopic (exact) mass is 211 g/mol. The zero-order valence-electron chi connectivity index (χ0n) is 7.72. The summed E-state index contributed by atoms with van der Waals surface area (Å²) in [6.07, 6.45) is -0.624. The van der Waals surface area contributed by atoms with Crippen LogP contribution >= 0.6 is 11.8 Å². The van der Waals surface area contributed by atoms with Crippen molar-refractivity contribution in [1.29, 1.82) is 0 Å². The minimum absolute atomic E-state index is 0.398. The molecule has 0 saturated heterocycles. The van der Waals surface area contributed by atoms with Gasteiger partial charge in [-0.2, -0.15) is 0 Å². The number of aliphatic hydroxyl groups is 1. The van der Waals surface area contributed by atoms with Crippen LogP contribution < -0.4 is 5.73 Å². The fourth-order valence-electron chi connectivity index (χ4n) is 0.947. The van der Waals surface area contributed by atoms with Crippen LogP contribution in [0.15, 0.2) is 35.2 Å². The molecule has 0 heterocycles. The second-order valence-electron chi connectivity index (χ2n) is 2.87. The number of primary amides is 1. The van der Waals surface area contributed by atoms with Gasteiger partial charge in [-0.1, -0.05) is 18.2 Å². The van der Waals surface area contributed by atoms with Gasteiger partial charge >= 0.3 is 0 Å². The zero-order chi connectivity index (χ0) is 10.4. The lowest BCUT2D eigenvalue weighted by molar-refractivity contribution is -0.126. The summed E-state index contributed by atoms with van der Waals surface area (Å²) in [7, 11) is 0. The van der Waals surface area contributed by atoms with E-state index < -0.39 is 12.0 Å². The molecule has 0 radical (unpaired) electrons. The highest BCUT2D eigenvalue weighted by Gasteiger charge is 2.09. The maximum absolute atomic E-state index is 10.5. The van der Waals surface area contributed by atoms with Gasteiger partial charge in [-0.25, -0.2) is 0 Å². The van der Waals surface area contributed by atoms with Gasteiger partial charge in [-0.05, 0) is 18.6 Å². The molecule has 4 heteroatoms. The molecule has 0 fully saturated rings. The molecule has 0 aliphatic heterocycles. The number of carbonyl (C=O) groups excluding carboxylic acids is 1. The lowest BCUT2D eigenvalue weighted by Gasteiger charge is -2.05. The van der Waals surface area contributed by atoms with Crippen molar-refractivity contribution < 1.29 is 9.90 Å². The molecule has 0 spiro atoms. The van der Waals surface area contributed by atoms with Crippen LogP contribution in [-0.4, -0.2) is 22.9 Å². The van der Waals surface area contributed by atoms with Crippen molar-refractivity contribution >= 4 is 17.7 Å². The van der Waals surface area contributed by atoms with Crippen molar-refractivity contribution in [2.45, 2.75) is 17.4 Å². The van der Waals surface area contributed by atoms with Crippen molar-refractivity contribution in [3.8, 4) is 0 Å². The molecule has 0 aliphatic rings. The molecular weight excluding hydrogens is 198 g/mol. The second kappa shape index (κ2) is 5.67. The van der Waals surface area contributed by atoms with Gasteiger partial charge in [-0.15, -0.1) is 11.8 Å². The van der Waals surface area contributed by atoms with Crippen LogP contribution in [0.2, 0.25) is 0 Å². The Labute approximate surface area is 87.3 Å². The van der Waals surface area contributed by atoms with Gasteiger partial charge in [0.2, 0.25) is 5.91 Å². The lowest BCUT2D eigenvalue weighted by atomic mass is 10.3. The highest BCUT2D eigenvalue weighted by molar-refractivity contribution is 7.99. The molecule has 76 valence electrons. The standard InChI is InChI=1S/C10H13NO2S/c11-10(13)9(12)6-7-14-8-4-2-1-3-5-8/h1-5,9,12H,6-7H2,(H2,11,13). The smallest absolute Gasteiger partial charge is 0.246 e. The summed E-state index contributed by atoms with van der Waals surface area (Å²) >= 11 is 1.60. The third-order valence-electron chi connectivity index (χ3n) is 1.73. The largest absolute Gasteiger partial charge is 0.383 e. The van der Waals surface area contributed by atoms with Crippen molar-refractivity contribution in [3.63, 3.8) is 0 Å². The SMILES string of the molecule is NC(=O)C(O)CCSc1ccccc1. The minimum atomic E-state index is -1.02. The Morgan fingerprint density at radius 2 is 2.07 bits per heavy atom. The van der Waals surface area contributed by atoms with Crippen molar-refractivity contribution in [2.75, 3.05) is 5.75 Å². The predicted octanol–water partition coefficient (Wildman–Crippen LogP) is 1.01. The predicted molar refractivity (Wildman–Crippen MR) is 57.0 cm³/mol. The normalized spacial score (nSPS) is 12.4. The summed E-state index contributed by atoms with van der Waals surface area (Å²) in [4.78, 5) is 11.6. The van der Waals surface area contributed by atoms with E-state index in [4.69, 9.17) is 10.8 Å². The Hall–Kier alpha value is -1.00. The summed E-state index contributed by atoms with van der Waals surface area (Å²) in [6, 6.07) is 9.82. The van der Waals surface area contributed by atoms with E-state index in [0.29, 0.717) is 12.2 Å². The van der Waals surface area contributed by atoms with Crippen LogP contribution in [0.4, 0.5) is 0 Å². The van der Waals surface area contributed by atoms with Gasteiger partial charge in [0.05, 0.1) is 0 Å². The Bertz CT molecular complexity index is 289. The second-order valence-corrected chi connectivity index (χ2v) is 4.04. The van der Waals surface area contributed by atoms with Crippen LogP contribution in [0.1, 0.15) is 6.42 Å². The van der Waals surface area contributed by atoms with Crippen molar-refractivity contribution in [1.82, 2.24) is 0 Å². The van der Waals surface area contributed by atoms with E-state index >= 15 is 0 Å². The quantitative estimate of drug-likeness (QED) is 0.715. The number of nitrogens with two attached hydrogens (primary N) is 1. The van der Waals surface area contributed by atoms with Gasteiger partial charge < -0.3 is 10.8 Å². The van der Waals surface area contributed by atoms with E-state index in [0.717, 1.165) is 4.90 Å². The van der Waals surface area contributed by atoms with Crippen molar-refractivity contribution in [3.05, 3.63) is 30.3 Å². The summed E-state index contributed by atoms with van der Waals surface area (Å²) in [5, 5.41) is 9.12. The molecule has 1 unspecified atom stereocenters. The number of benzene rings is 1. The average molecular weight is 211 g/mol. The first-order chi connectivity index (χ1) is 6.70. The molecule has 3 nitrogen and oxygen atoms in total. The van der Waals surface area contributed by atoms with Crippen molar-refractivity contribution in [2.24, 2.45) is 5.73 Å². The first kappa shape index (κ1) is 11.1. The van der Waals surface area contributed by atoms with Gasteiger partial charge in [0.15, 0.2) is 0 Å². The van der Waals surface area contributed by atoms with E-state index in [1.807, 2.05) is 30.3 Å². The van der Waals surface area contributed by atoms with E-state index in [1.165, 1.54) is 0 Å². The first-order valence-electron chi connectivity index (χ1n) is 4.35. The molecule has 1 amide bonds. The molecule has 0 aliphatic carbocycles. The molecule has 1 rings (SSSR count). The molecule has 1 aromatic carbocycles. The van der Waals surface area contributed by atoms with E-state index in [9.17, 15) is 4.79 Å². The van der Waals surface area contributed by atoms with Crippen LogP contribution in [0, 0.1) is 0 Å². The van der Waals surface area contributed by atoms with Crippen LogP contribution in [0.3, 0.4) is 0 Å². The average Bonchev–Trinajstić information content (AvgIpc) is 2.19. The van der Waals surface area contributed by atoms with Gasteiger partial charge in [-0.3, -0.25) is 4.79 Å². The van der Waals surface area contributed by atoms with E-state index in [1.54, 1.807) is 11.8 Å². The number of aliphatic hydroxyl groups excluding tert-OH is 1. The summed E-state index contributed by atoms with van der Waals surface area (Å²) < 4.78 is 0. The number of hydrogen-bond donors (Lipinski definition) is 2. The van der Waals surface area contributed by atoms with Crippen LogP contribution in [0.25, 0.3) is 0 Å². The summed E-state index contributed by atoms with van der Waals surface area (Å²) in [5.74, 6) is 0.0346. The highest BCUT2D eigenvalue weighted by atomic mass is 32.2. The Morgan fingerprint density at radius 1 is 1.43 bits per heavy atom. The van der Waals surface area contributed by atoms with Gasteiger partial charge in [0.25, 0.3) is 0 Å². The molecule has 1 atom stereocenters. The van der Waals surface area contributed by atoms with Crippen LogP contribution in [0.5, 0.6) is 0 Å². The lowest BCUT2D eigenvalue weighted by Crippen LogP contribution is -2.28. The fourth-order valence-corrected chi connectivity index (χ4v) is 1.87. The fraction of sp³-hybridized carbons (Fsp3) is 0.300. The van der Waals surface area contributed by atoms with Crippen LogP contribution in [-0.2, 0) is 4.79 Å². The van der Waals surface area contributed by atoms with E-state index in [-0.39, 0.29) is 0 Å². The maximum atomic E-state index is 10.5. The Balaban J connectivity index is 2.26. The third-order valence-corrected chi connectivity index (χ3v) is 2.78. The third kappa shape index (κ3) is 3.81. The minimum Gasteiger partial charge on any atom is -0.383 e. The molecule has 0 aromatic heterocycles. The zero-order valence-corrected chi connectivity index (χ0v) is 8.54. The number of amides is 1. The molecule has 0 saturated carbocycles. The van der Waals surface area contributed by atoms with Gasteiger partial charge in [0, 0.05) is 10.6 Å². The molecular formula is C10H13NO2S. The van der Waals surface area contributed by atoms with Gasteiger partial charge in [0.1, 0.15) is 6.10 Å². The first-order valence-corrected chi connectivity index (χ1v) is 5.34. The summed E-state index contributed by atoms with van der Waals surface area (Å²) in [6.45, 7) is 0. The van der Waals surface area contributed by atoms with E-state index in [2.05, 4.69) is 0 Å². The molecule has 0 bridgehead atoms. The summed E-state index contributed by atoms with van der Waals surface area (Å²) in [5.41, 5.74) is 4.92. The molecule has 1 aromatic rings. The topological polar surface area (TPSA) is 63.3 Å². The number of thioether (sulfide) groups is 1. The Morgan fingerprint density at radius 3 is 2.64 bits per heavy atom. The number of carbonyl (C=O) groups is 1. The molecule has 14 heavy (non-hydrogen) atoms. The highest BCUT2D eigenvalue weighted by Crippen LogP contribution is 2.18. The number of hydrogen-bond acceptors (Lipinski definition) is 3. The molecule has 3 N–H and O–H groups in total.